The Labute approximate surface area is 189 Å². The molecule has 0 aliphatic rings. The lowest BCUT2D eigenvalue weighted by Crippen LogP contribution is -3.00. The predicted molar refractivity (Wildman–Crippen MR) is 125 cm³/mol. The van der Waals surface area contributed by atoms with Crippen molar-refractivity contribution in [1.29, 1.82) is 0 Å². The van der Waals surface area contributed by atoms with Crippen molar-refractivity contribution >= 4 is 9.84 Å². The molecule has 0 aliphatic heterocycles. The van der Waals surface area contributed by atoms with E-state index in [-0.39, 0.29) is 18.2 Å². The van der Waals surface area contributed by atoms with E-state index in [9.17, 15) is 8.42 Å². The minimum Gasteiger partial charge on any atom is -1.00 e. The number of unbranched alkanes of at least 4 members (excludes halogenated alkanes) is 13. The number of quaternary nitrogens is 1. The Bertz CT molecular complexity index is 484. The third-order valence-electron chi connectivity index (χ3n) is 5.49. The van der Waals surface area contributed by atoms with Crippen molar-refractivity contribution in [2.75, 3.05) is 33.4 Å². The van der Waals surface area contributed by atoms with Crippen molar-refractivity contribution in [2.45, 2.75) is 110 Å². The first-order valence-electron chi connectivity index (χ1n) is 11.9. The summed E-state index contributed by atoms with van der Waals surface area (Å²) in [6.45, 7) is 7.00. The molecule has 0 aliphatic carbocycles. The first-order valence-corrected chi connectivity index (χ1v) is 13.6. The SMILES string of the molecule is C=C(CCCCCCCCCCCCCCCC)S(=O)(=O)CCC[N+](C)(C)C.[Cl-]. The van der Waals surface area contributed by atoms with Crippen LogP contribution in [0.4, 0.5) is 0 Å². The van der Waals surface area contributed by atoms with E-state index >= 15 is 0 Å². The van der Waals surface area contributed by atoms with Gasteiger partial charge < -0.3 is 16.9 Å². The number of allylic oxidation sites excluding steroid dienone is 1. The quantitative estimate of drug-likeness (QED) is 0.208. The third-order valence-corrected chi connectivity index (χ3v) is 7.40. The van der Waals surface area contributed by atoms with E-state index in [4.69, 9.17) is 0 Å². The van der Waals surface area contributed by atoms with Gasteiger partial charge in [-0.05, 0) is 12.8 Å². The fourth-order valence-electron chi connectivity index (χ4n) is 3.55. The van der Waals surface area contributed by atoms with E-state index in [2.05, 4.69) is 34.6 Å². The first kappa shape index (κ1) is 31.1. The van der Waals surface area contributed by atoms with Crippen LogP contribution in [0.1, 0.15) is 110 Å². The van der Waals surface area contributed by atoms with Gasteiger partial charge in [0.05, 0.1) is 33.4 Å². The van der Waals surface area contributed by atoms with Crippen molar-refractivity contribution in [2.24, 2.45) is 0 Å². The molecule has 0 fully saturated rings. The van der Waals surface area contributed by atoms with Crippen molar-refractivity contribution in [3.8, 4) is 0 Å². The normalized spacial score (nSPS) is 12.0. The van der Waals surface area contributed by atoms with E-state index in [1.807, 2.05) is 0 Å². The molecule has 0 atom stereocenters. The second-order valence-corrected chi connectivity index (χ2v) is 11.8. The topological polar surface area (TPSA) is 34.1 Å². The molecule has 176 valence electrons. The minimum absolute atomic E-state index is 0. The van der Waals surface area contributed by atoms with Crippen LogP contribution in [0.15, 0.2) is 11.5 Å². The van der Waals surface area contributed by atoms with Gasteiger partial charge >= 0.3 is 0 Å². The van der Waals surface area contributed by atoms with Gasteiger partial charge in [-0.15, -0.1) is 0 Å². The molecule has 0 aromatic carbocycles. The zero-order valence-electron chi connectivity index (χ0n) is 20.0. The summed E-state index contributed by atoms with van der Waals surface area (Å²) in [5, 5.41) is 0. The smallest absolute Gasteiger partial charge is 0.174 e. The molecular formula is C24H50ClNO2S. The third kappa shape index (κ3) is 21.0. The van der Waals surface area contributed by atoms with Gasteiger partial charge in [0.15, 0.2) is 9.84 Å². The Morgan fingerprint density at radius 2 is 1.07 bits per heavy atom. The molecule has 5 heteroatoms. The highest BCUT2D eigenvalue weighted by Crippen LogP contribution is 2.17. The average Bonchev–Trinajstić information content (AvgIpc) is 2.60. The van der Waals surface area contributed by atoms with Crippen LogP contribution < -0.4 is 12.4 Å². The maximum Gasteiger partial charge on any atom is 0.174 e. The molecule has 0 rings (SSSR count). The molecule has 0 heterocycles. The zero-order valence-corrected chi connectivity index (χ0v) is 21.6. The molecule has 0 N–H and O–H groups in total. The van der Waals surface area contributed by atoms with Gasteiger partial charge in [-0.1, -0.05) is 97.0 Å². The van der Waals surface area contributed by atoms with Crippen molar-refractivity contribution < 1.29 is 25.3 Å². The fourth-order valence-corrected chi connectivity index (χ4v) is 4.80. The summed E-state index contributed by atoms with van der Waals surface area (Å²) in [5.41, 5.74) is 0. The van der Waals surface area contributed by atoms with Crippen LogP contribution in [0.3, 0.4) is 0 Å². The van der Waals surface area contributed by atoms with Crippen LogP contribution in [0.5, 0.6) is 0 Å². The van der Waals surface area contributed by atoms with E-state index < -0.39 is 9.84 Å². The summed E-state index contributed by atoms with van der Waals surface area (Å²) in [6.07, 6.45) is 19.9. The summed E-state index contributed by atoms with van der Waals surface area (Å²) in [6, 6.07) is 0. The number of halogens is 1. The number of hydrogen-bond donors (Lipinski definition) is 0. The monoisotopic (exact) mass is 451 g/mol. The highest BCUT2D eigenvalue weighted by molar-refractivity contribution is 7.95. The summed E-state index contributed by atoms with van der Waals surface area (Å²) < 4.78 is 25.4. The van der Waals surface area contributed by atoms with Gasteiger partial charge in [0, 0.05) is 11.3 Å². The predicted octanol–water partition coefficient (Wildman–Crippen LogP) is 3.89. The maximum absolute atomic E-state index is 12.3. The fraction of sp³-hybridized carbons (Fsp3) is 0.917. The largest absolute Gasteiger partial charge is 1.00 e. The molecule has 0 saturated carbocycles. The van der Waals surface area contributed by atoms with E-state index in [1.54, 1.807) is 0 Å². The van der Waals surface area contributed by atoms with E-state index in [1.165, 1.54) is 77.0 Å². The van der Waals surface area contributed by atoms with Gasteiger partial charge in [-0.25, -0.2) is 8.42 Å². The average molecular weight is 452 g/mol. The lowest BCUT2D eigenvalue weighted by atomic mass is 10.0. The van der Waals surface area contributed by atoms with Crippen LogP contribution in [-0.4, -0.2) is 46.3 Å². The van der Waals surface area contributed by atoms with Crippen LogP contribution >= 0.6 is 0 Å². The molecule has 0 amide bonds. The van der Waals surface area contributed by atoms with Crippen molar-refractivity contribution in [1.82, 2.24) is 0 Å². The van der Waals surface area contributed by atoms with Gasteiger partial charge in [0.1, 0.15) is 0 Å². The number of hydrogen-bond acceptors (Lipinski definition) is 2. The molecule has 3 nitrogen and oxygen atoms in total. The number of rotatable bonds is 20. The van der Waals surface area contributed by atoms with Gasteiger partial charge in [0.2, 0.25) is 0 Å². The zero-order chi connectivity index (χ0) is 21.3. The molecule has 0 unspecified atom stereocenters. The van der Waals surface area contributed by atoms with Crippen molar-refractivity contribution in [3.05, 3.63) is 11.5 Å². The van der Waals surface area contributed by atoms with Crippen LogP contribution in [-0.2, 0) is 9.84 Å². The van der Waals surface area contributed by atoms with E-state index in [0.29, 0.717) is 17.7 Å². The van der Waals surface area contributed by atoms with Crippen LogP contribution in [0.25, 0.3) is 0 Å². The number of nitrogens with zero attached hydrogens (tertiary/aromatic N) is 1. The lowest BCUT2D eigenvalue weighted by Gasteiger charge is -2.23. The van der Waals surface area contributed by atoms with Crippen molar-refractivity contribution in [3.63, 3.8) is 0 Å². The molecule has 29 heavy (non-hydrogen) atoms. The Balaban J connectivity index is 0. The Morgan fingerprint density at radius 3 is 1.45 bits per heavy atom. The molecule has 0 spiro atoms. The summed E-state index contributed by atoms with van der Waals surface area (Å²) >= 11 is 0. The first-order chi connectivity index (χ1) is 13.2. The Hall–Kier alpha value is -0.0600. The second kappa shape index (κ2) is 18.7. The molecule has 0 aromatic rings. The molecular weight excluding hydrogens is 402 g/mol. The lowest BCUT2D eigenvalue weighted by molar-refractivity contribution is -0.870. The molecule has 0 radical (unpaired) electrons. The Kier molecular flexibility index (Phi) is 20.1. The highest BCUT2D eigenvalue weighted by atomic mass is 35.5. The second-order valence-electron chi connectivity index (χ2n) is 9.57. The highest BCUT2D eigenvalue weighted by Gasteiger charge is 2.17. The summed E-state index contributed by atoms with van der Waals surface area (Å²) in [5.74, 6) is 0.250. The van der Waals surface area contributed by atoms with Gasteiger partial charge in [-0.2, -0.15) is 0 Å². The summed E-state index contributed by atoms with van der Waals surface area (Å²) in [4.78, 5) is 0.452. The van der Waals surface area contributed by atoms with Crippen LogP contribution in [0, 0.1) is 0 Å². The summed E-state index contributed by atoms with van der Waals surface area (Å²) in [7, 11) is 3.17. The maximum atomic E-state index is 12.3. The molecule has 0 aromatic heterocycles. The minimum atomic E-state index is -3.11. The number of sulfone groups is 1. The Morgan fingerprint density at radius 1 is 0.690 bits per heavy atom. The molecule has 0 saturated heterocycles. The standard InChI is InChI=1S/C24H50NO2S.ClH/c1-6-7-8-9-10-11-12-13-14-15-16-17-18-19-21-24(2)28(26,27)23-20-22-25(3,4)5;/h2,6-23H2,1,3-5H3;1H/q+1;/p-1. The molecule has 0 bridgehead atoms. The van der Waals surface area contributed by atoms with Crippen LogP contribution in [0.2, 0.25) is 0 Å². The van der Waals surface area contributed by atoms with Gasteiger partial charge in [0.25, 0.3) is 0 Å². The van der Waals surface area contributed by atoms with Gasteiger partial charge in [-0.3, -0.25) is 0 Å². The van der Waals surface area contributed by atoms with E-state index in [0.717, 1.165) is 23.9 Å².